The van der Waals surface area contributed by atoms with Crippen molar-refractivity contribution in [2.75, 3.05) is 26.2 Å². The standard InChI is InChI=1S/C15H27N3O3/c1-2-13-11-18(8-9-21-13)14(19)10-16-15(20)17-12-6-4-3-5-7-12/h12-13H,2-11H2,1H3,(H2,16,17,20). The molecule has 2 aliphatic rings. The van der Waals surface area contributed by atoms with Gasteiger partial charge in [-0.2, -0.15) is 0 Å². The highest BCUT2D eigenvalue weighted by Gasteiger charge is 2.23. The molecular formula is C15H27N3O3. The molecule has 0 aromatic rings. The van der Waals surface area contributed by atoms with Crippen molar-refractivity contribution in [3.8, 4) is 0 Å². The van der Waals surface area contributed by atoms with E-state index in [1.54, 1.807) is 4.90 Å². The molecule has 2 rings (SSSR count). The summed E-state index contributed by atoms with van der Waals surface area (Å²) in [5, 5.41) is 5.63. The van der Waals surface area contributed by atoms with Crippen LogP contribution in [0.1, 0.15) is 45.4 Å². The monoisotopic (exact) mass is 297 g/mol. The van der Waals surface area contributed by atoms with Crippen LogP contribution in [0, 0.1) is 0 Å². The number of amides is 3. The van der Waals surface area contributed by atoms with Crippen LogP contribution < -0.4 is 10.6 Å². The molecule has 1 atom stereocenters. The summed E-state index contributed by atoms with van der Waals surface area (Å²) in [6, 6.07) is 0.0391. The Morgan fingerprint density at radius 1 is 1.24 bits per heavy atom. The number of carbonyl (C=O) groups excluding carboxylic acids is 2. The van der Waals surface area contributed by atoms with Crippen molar-refractivity contribution >= 4 is 11.9 Å². The molecule has 0 aromatic heterocycles. The number of carbonyl (C=O) groups is 2. The summed E-state index contributed by atoms with van der Waals surface area (Å²) < 4.78 is 5.54. The minimum Gasteiger partial charge on any atom is -0.375 e. The van der Waals surface area contributed by atoms with Crippen LogP contribution in [0.3, 0.4) is 0 Å². The molecule has 1 saturated carbocycles. The van der Waals surface area contributed by atoms with Crippen LogP contribution in [-0.4, -0.2) is 55.2 Å². The lowest BCUT2D eigenvalue weighted by Gasteiger charge is -2.32. The van der Waals surface area contributed by atoms with Crippen molar-refractivity contribution in [2.24, 2.45) is 0 Å². The molecule has 2 fully saturated rings. The van der Waals surface area contributed by atoms with Crippen molar-refractivity contribution in [2.45, 2.75) is 57.6 Å². The molecular weight excluding hydrogens is 270 g/mol. The first-order valence-electron chi connectivity index (χ1n) is 8.12. The van der Waals surface area contributed by atoms with Crippen molar-refractivity contribution in [1.82, 2.24) is 15.5 Å². The number of nitrogens with zero attached hydrogens (tertiary/aromatic N) is 1. The summed E-state index contributed by atoms with van der Waals surface area (Å²) in [7, 11) is 0. The molecule has 0 spiro atoms. The smallest absolute Gasteiger partial charge is 0.315 e. The molecule has 1 saturated heterocycles. The second kappa shape index (κ2) is 8.22. The topological polar surface area (TPSA) is 70.7 Å². The second-order valence-electron chi connectivity index (χ2n) is 5.90. The van der Waals surface area contributed by atoms with Gasteiger partial charge >= 0.3 is 6.03 Å². The van der Waals surface area contributed by atoms with E-state index in [9.17, 15) is 9.59 Å². The molecule has 1 aliphatic carbocycles. The number of urea groups is 1. The van der Waals surface area contributed by atoms with Gasteiger partial charge in [-0.1, -0.05) is 26.2 Å². The van der Waals surface area contributed by atoms with Crippen LogP contribution in [0.25, 0.3) is 0 Å². The highest BCUT2D eigenvalue weighted by molar-refractivity contribution is 5.84. The van der Waals surface area contributed by atoms with Crippen LogP contribution in [0.5, 0.6) is 0 Å². The Labute approximate surface area is 126 Å². The highest BCUT2D eigenvalue weighted by Crippen LogP contribution is 2.17. The average Bonchev–Trinajstić information content (AvgIpc) is 2.53. The Kier molecular flexibility index (Phi) is 6.29. The third kappa shape index (κ3) is 5.19. The highest BCUT2D eigenvalue weighted by atomic mass is 16.5. The normalized spacial score (nSPS) is 23.7. The predicted octanol–water partition coefficient (Wildman–Crippen LogP) is 1.26. The van der Waals surface area contributed by atoms with E-state index in [0.717, 1.165) is 19.3 Å². The third-order valence-electron chi connectivity index (χ3n) is 4.29. The van der Waals surface area contributed by atoms with Gasteiger partial charge in [0.25, 0.3) is 0 Å². The fraction of sp³-hybridized carbons (Fsp3) is 0.867. The maximum atomic E-state index is 12.1. The van der Waals surface area contributed by atoms with E-state index in [-0.39, 0.29) is 30.6 Å². The number of nitrogens with one attached hydrogen (secondary N) is 2. The molecule has 3 amide bonds. The maximum Gasteiger partial charge on any atom is 0.315 e. The Morgan fingerprint density at radius 2 is 2.00 bits per heavy atom. The lowest BCUT2D eigenvalue weighted by molar-refractivity contribution is -0.137. The van der Waals surface area contributed by atoms with E-state index in [2.05, 4.69) is 17.6 Å². The fourth-order valence-corrected chi connectivity index (χ4v) is 2.94. The number of hydrogen-bond donors (Lipinski definition) is 2. The van der Waals surface area contributed by atoms with E-state index < -0.39 is 0 Å². The van der Waals surface area contributed by atoms with Gasteiger partial charge in [0.2, 0.25) is 5.91 Å². The van der Waals surface area contributed by atoms with E-state index in [0.29, 0.717) is 19.7 Å². The van der Waals surface area contributed by atoms with Crippen LogP contribution in [0.4, 0.5) is 4.79 Å². The molecule has 0 radical (unpaired) electrons. The predicted molar refractivity (Wildman–Crippen MR) is 80.0 cm³/mol. The average molecular weight is 297 g/mol. The maximum absolute atomic E-state index is 12.1. The lowest BCUT2D eigenvalue weighted by atomic mass is 9.96. The van der Waals surface area contributed by atoms with Gasteiger partial charge in [0.05, 0.1) is 19.3 Å². The van der Waals surface area contributed by atoms with Crippen LogP contribution >= 0.6 is 0 Å². The number of hydrogen-bond acceptors (Lipinski definition) is 3. The van der Waals surface area contributed by atoms with Gasteiger partial charge < -0.3 is 20.3 Å². The van der Waals surface area contributed by atoms with Gasteiger partial charge in [-0.05, 0) is 19.3 Å². The lowest BCUT2D eigenvalue weighted by Crippen LogP contribution is -2.51. The zero-order valence-electron chi connectivity index (χ0n) is 12.9. The van der Waals surface area contributed by atoms with E-state index in [1.165, 1.54) is 19.3 Å². The summed E-state index contributed by atoms with van der Waals surface area (Å²) in [6.45, 7) is 3.94. The molecule has 120 valence electrons. The molecule has 1 heterocycles. The molecule has 1 aliphatic heterocycles. The largest absolute Gasteiger partial charge is 0.375 e. The molecule has 0 aromatic carbocycles. The Hall–Kier alpha value is -1.30. The van der Waals surface area contributed by atoms with E-state index >= 15 is 0 Å². The fourth-order valence-electron chi connectivity index (χ4n) is 2.94. The Morgan fingerprint density at radius 3 is 2.71 bits per heavy atom. The number of ether oxygens (including phenoxy) is 1. The second-order valence-corrected chi connectivity index (χ2v) is 5.90. The first kappa shape index (κ1) is 16.1. The first-order chi connectivity index (χ1) is 10.2. The summed E-state index contributed by atoms with van der Waals surface area (Å²) in [5.41, 5.74) is 0. The molecule has 6 heteroatoms. The molecule has 0 bridgehead atoms. The quantitative estimate of drug-likeness (QED) is 0.820. The molecule has 21 heavy (non-hydrogen) atoms. The first-order valence-corrected chi connectivity index (χ1v) is 8.12. The van der Waals surface area contributed by atoms with Crippen molar-refractivity contribution in [3.05, 3.63) is 0 Å². The van der Waals surface area contributed by atoms with E-state index in [4.69, 9.17) is 4.74 Å². The van der Waals surface area contributed by atoms with Crippen LogP contribution in [-0.2, 0) is 9.53 Å². The van der Waals surface area contributed by atoms with Gasteiger partial charge in [0.15, 0.2) is 0 Å². The summed E-state index contributed by atoms with van der Waals surface area (Å²) in [5.74, 6) is -0.0319. The van der Waals surface area contributed by atoms with Gasteiger partial charge in [-0.15, -0.1) is 0 Å². The summed E-state index contributed by atoms with van der Waals surface area (Å²) in [6.07, 6.45) is 6.73. The third-order valence-corrected chi connectivity index (χ3v) is 4.29. The Balaban J connectivity index is 1.66. The summed E-state index contributed by atoms with van der Waals surface area (Å²) in [4.78, 5) is 25.7. The Bertz CT molecular complexity index is 356. The summed E-state index contributed by atoms with van der Waals surface area (Å²) >= 11 is 0. The van der Waals surface area contributed by atoms with Gasteiger partial charge in [0, 0.05) is 19.1 Å². The minimum atomic E-state index is -0.226. The zero-order valence-corrected chi connectivity index (χ0v) is 12.9. The minimum absolute atomic E-state index is 0.0319. The van der Waals surface area contributed by atoms with Crippen molar-refractivity contribution in [1.29, 1.82) is 0 Å². The van der Waals surface area contributed by atoms with Crippen molar-refractivity contribution in [3.63, 3.8) is 0 Å². The van der Waals surface area contributed by atoms with E-state index in [1.807, 2.05) is 0 Å². The van der Waals surface area contributed by atoms with Gasteiger partial charge in [-0.25, -0.2) is 4.79 Å². The van der Waals surface area contributed by atoms with Crippen LogP contribution in [0.2, 0.25) is 0 Å². The SMILES string of the molecule is CCC1CN(C(=O)CNC(=O)NC2CCCCC2)CCO1. The van der Waals surface area contributed by atoms with Gasteiger partial charge in [-0.3, -0.25) is 4.79 Å². The number of morpholine rings is 1. The van der Waals surface area contributed by atoms with Crippen molar-refractivity contribution < 1.29 is 14.3 Å². The van der Waals surface area contributed by atoms with Crippen LogP contribution in [0.15, 0.2) is 0 Å². The zero-order chi connectivity index (χ0) is 15.1. The molecule has 1 unspecified atom stereocenters. The molecule has 6 nitrogen and oxygen atoms in total. The molecule has 2 N–H and O–H groups in total. The van der Waals surface area contributed by atoms with Gasteiger partial charge in [0.1, 0.15) is 0 Å². The number of rotatable bonds is 4.